The summed E-state index contributed by atoms with van der Waals surface area (Å²) in [5.74, 6) is 0. The van der Waals surface area contributed by atoms with E-state index in [1.807, 2.05) is 20.8 Å². The fraction of sp³-hybridized carbons (Fsp3) is 1.00. The first-order valence-corrected chi connectivity index (χ1v) is 9.75. The van der Waals surface area contributed by atoms with Gasteiger partial charge in [0, 0.05) is 25.9 Å². The van der Waals surface area contributed by atoms with E-state index in [4.69, 9.17) is 13.3 Å². The number of nitrogens with zero attached hydrogens (tertiary/aromatic N) is 1. The largest absolute Gasteiger partial charge is 0.500 e. The molecule has 0 saturated carbocycles. The van der Waals surface area contributed by atoms with Crippen LogP contribution in [-0.4, -0.2) is 53.2 Å². The van der Waals surface area contributed by atoms with Gasteiger partial charge in [-0.2, -0.15) is 0 Å². The van der Waals surface area contributed by atoms with Crippen LogP contribution in [-0.2, 0) is 13.3 Å². The molecule has 0 heterocycles. The van der Waals surface area contributed by atoms with Crippen LogP contribution < -0.4 is 0 Å². The second-order valence-corrected chi connectivity index (χ2v) is 7.20. The molecular formula is C14H33NO3Si. The van der Waals surface area contributed by atoms with Crippen LogP contribution in [0.4, 0.5) is 0 Å². The topological polar surface area (TPSA) is 30.9 Å². The molecule has 0 saturated heterocycles. The Balaban J connectivity index is 4.16. The average molecular weight is 292 g/mol. The molecule has 0 aromatic rings. The molecule has 0 fully saturated rings. The molecule has 19 heavy (non-hydrogen) atoms. The number of rotatable bonds is 13. The fourth-order valence-corrected chi connectivity index (χ4v) is 4.90. The van der Waals surface area contributed by atoms with E-state index in [9.17, 15) is 0 Å². The number of hydrogen-bond acceptors (Lipinski definition) is 4. The zero-order valence-electron chi connectivity index (χ0n) is 13.5. The van der Waals surface area contributed by atoms with Gasteiger partial charge in [0.25, 0.3) is 0 Å². The van der Waals surface area contributed by atoms with Crippen LogP contribution in [0.15, 0.2) is 0 Å². The SMILES string of the molecule is CCO[Si](CCCCN(CC)CC)(OCC)OCC. The molecule has 5 heteroatoms. The van der Waals surface area contributed by atoms with Gasteiger partial charge in [-0.05, 0) is 53.2 Å². The predicted molar refractivity (Wildman–Crippen MR) is 82.5 cm³/mol. The number of hydrogen-bond donors (Lipinski definition) is 0. The highest BCUT2D eigenvalue weighted by Crippen LogP contribution is 2.19. The van der Waals surface area contributed by atoms with Crippen LogP contribution in [0.25, 0.3) is 0 Å². The van der Waals surface area contributed by atoms with Gasteiger partial charge in [-0.25, -0.2) is 0 Å². The molecule has 0 atom stereocenters. The van der Waals surface area contributed by atoms with Gasteiger partial charge < -0.3 is 18.2 Å². The summed E-state index contributed by atoms with van der Waals surface area (Å²) in [5, 5.41) is 0. The first-order valence-electron chi connectivity index (χ1n) is 7.82. The van der Waals surface area contributed by atoms with Gasteiger partial charge in [-0.15, -0.1) is 0 Å². The maximum atomic E-state index is 5.85. The van der Waals surface area contributed by atoms with Gasteiger partial charge in [0.05, 0.1) is 0 Å². The van der Waals surface area contributed by atoms with Crippen LogP contribution in [0.3, 0.4) is 0 Å². The molecule has 0 aromatic carbocycles. The zero-order chi connectivity index (χ0) is 14.6. The van der Waals surface area contributed by atoms with E-state index in [1.54, 1.807) is 0 Å². The van der Waals surface area contributed by atoms with Crippen molar-refractivity contribution in [2.24, 2.45) is 0 Å². The lowest BCUT2D eigenvalue weighted by Gasteiger charge is -2.28. The van der Waals surface area contributed by atoms with Gasteiger partial charge in [0.1, 0.15) is 0 Å². The summed E-state index contributed by atoms with van der Waals surface area (Å²) < 4.78 is 17.6. The number of unbranched alkanes of at least 4 members (excludes halogenated alkanes) is 1. The third-order valence-electron chi connectivity index (χ3n) is 3.19. The average Bonchev–Trinajstić information content (AvgIpc) is 2.40. The molecule has 0 aliphatic rings. The van der Waals surface area contributed by atoms with Crippen molar-refractivity contribution in [3.8, 4) is 0 Å². The Bertz CT molecular complexity index is 184. The molecule has 0 aromatic heterocycles. The Morgan fingerprint density at radius 2 is 1.21 bits per heavy atom. The summed E-state index contributed by atoms with van der Waals surface area (Å²) in [6.45, 7) is 15.9. The molecular weight excluding hydrogens is 258 g/mol. The predicted octanol–water partition coefficient (Wildman–Crippen LogP) is 3.16. The van der Waals surface area contributed by atoms with E-state index >= 15 is 0 Å². The van der Waals surface area contributed by atoms with E-state index in [0.29, 0.717) is 19.8 Å². The lowest BCUT2D eigenvalue weighted by atomic mass is 10.3. The zero-order valence-corrected chi connectivity index (χ0v) is 14.5. The van der Waals surface area contributed by atoms with E-state index < -0.39 is 8.80 Å². The van der Waals surface area contributed by atoms with E-state index in [2.05, 4.69) is 18.7 Å². The van der Waals surface area contributed by atoms with Gasteiger partial charge >= 0.3 is 8.80 Å². The molecule has 0 bridgehead atoms. The van der Waals surface area contributed by atoms with Crippen LogP contribution in [0, 0.1) is 0 Å². The van der Waals surface area contributed by atoms with Crippen molar-refractivity contribution in [1.82, 2.24) is 4.90 Å². The summed E-state index contributed by atoms with van der Waals surface area (Å²) in [5.41, 5.74) is 0. The first-order chi connectivity index (χ1) is 9.17. The Kier molecular flexibility index (Phi) is 11.9. The molecule has 0 unspecified atom stereocenters. The quantitative estimate of drug-likeness (QED) is 0.385. The van der Waals surface area contributed by atoms with E-state index in [0.717, 1.165) is 32.1 Å². The molecule has 4 nitrogen and oxygen atoms in total. The molecule has 0 radical (unpaired) electrons. The lowest BCUT2D eigenvalue weighted by molar-refractivity contribution is 0.0704. The third-order valence-corrected chi connectivity index (χ3v) is 6.35. The molecule has 0 aliphatic heterocycles. The third kappa shape index (κ3) is 8.04. The van der Waals surface area contributed by atoms with Crippen LogP contribution in [0.2, 0.25) is 6.04 Å². The summed E-state index contributed by atoms with van der Waals surface area (Å²) in [4.78, 5) is 2.45. The lowest BCUT2D eigenvalue weighted by Crippen LogP contribution is -2.46. The first kappa shape index (κ1) is 19.1. The van der Waals surface area contributed by atoms with Crippen LogP contribution in [0.5, 0.6) is 0 Å². The summed E-state index contributed by atoms with van der Waals surface area (Å²) >= 11 is 0. The second-order valence-electron chi connectivity index (χ2n) is 4.47. The molecule has 0 rings (SSSR count). The Morgan fingerprint density at radius 3 is 1.58 bits per heavy atom. The smallest absolute Gasteiger partial charge is 0.374 e. The van der Waals surface area contributed by atoms with Crippen molar-refractivity contribution < 1.29 is 13.3 Å². The van der Waals surface area contributed by atoms with Gasteiger partial charge in [-0.1, -0.05) is 13.8 Å². The Labute approximate surface area is 120 Å². The Hall–Kier alpha value is 0.0569. The van der Waals surface area contributed by atoms with Crippen LogP contribution in [0.1, 0.15) is 47.5 Å². The van der Waals surface area contributed by atoms with Gasteiger partial charge in [0.15, 0.2) is 0 Å². The maximum absolute atomic E-state index is 5.85. The van der Waals surface area contributed by atoms with Crippen molar-refractivity contribution in [3.05, 3.63) is 0 Å². The van der Waals surface area contributed by atoms with Crippen LogP contribution >= 0.6 is 0 Å². The van der Waals surface area contributed by atoms with E-state index in [1.165, 1.54) is 6.42 Å². The van der Waals surface area contributed by atoms with Crippen molar-refractivity contribution >= 4 is 8.80 Å². The molecule has 116 valence electrons. The summed E-state index contributed by atoms with van der Waals surface area (Å²) in [7, 11) is -2.41. The standard InChI is InChI=1S/C14H33NO3Si/c1-6-15(7-2)13-11-12-14-19(16-8-3,17-9-4)18-10-5/h6-14H2,1-5H3. The Morgan fingerprint density at radius 1 is 0.737 bits per heavy atom. The normalized spacial score (nSPS) is 12.3. The summed E-state index contributed by atoms with van der Waals surface area (Å²) in [6, 6.07) is 0.934. The summed E-state index contributed by atoms with van der Waals surface area (Å²) in [6.07, 6.45) is 2.30. The molecule has 0 spiro atoms. The van der Waals surface area contributed by atoms with Crippen molar-refractivity contribution in [2.45, 2.75) is 53.5 Å². The minimum atomic E-state index is -2.41. The fourth-order valence-electron chi connectivity index (χ4n) is 2.22. The van der Waals surface area contributed by atoms with Gasteiger partial charge in [-0.3, -0.25) is 0 Å². The molecule has 0 aliphatic carbocycles. The molecule has 0 amide bonds. The van der Waals surface area contributed by atoms with E-state index in [-0.39, 0.29) is 0 Å². The minimum Gasteiger partial charge on any atom is -0.374 e. The highest BCUT2D eigenvalue weighted by atomic mass is 28.4. The van der Waals surface area contributed by atoms with Crippen molar-refractivity contribution in [2.75, 3.05) is 39.5 Å². The molecule has 0 N–H and O–H groups in total. The maximum Gasteiger partial charge on any atom is 0.500 e. The highest BCUT2D eigenvalue weighted by molar-refractivity contribution is 6.60. The van der Waals surface area contributed by atoms with Gasteiger partial charge in [0.2, 0.25) is 0 Å². The monoisotopic (exact) mass is 291 g/mol. The second kappa shape index (κ2) is 11.8. The van der Waals surface area contributed by atoms with Crippen molar-refractivity contribution in [3.63, 3.8) is 0 Å². The van der Waals surface area contributed by atoms with Crippen molar-refractivity contribution in [1.29, 1.82) is 0 Å². The minimum absolute atomic E-state index is 0.669. The highest BCUT2D eigenvalue weighted by Gasteiger charge is 2.39.